The summed E-state index contributed by atoms with van der Waals surface area (Å²) in [6.07, 6.45) is 0. The first kappa shape index (κ1) is 14.9. The molecule has 2 rings (SSSR count). The van der Waals surface area contributed by atoms with Crippen LogP contribution in [0.5, 0.6) is 11.5 Å². The van der Waals surface area contributed by atoms with E-state index < -0.39 is 0 Å². The molecule has 0 aliphatic rings. The molecule has 0 amide bonds. The van der Waals surface area contributed by atoms with Crippen molar-refractivity contribution in [2.24, 2.45) is 5.73 Å². The van der Waals surface area contributed by atoms with Crippen LogP contribution in [-0.2, 0) is 6.61 Å². The molecule has 21 heavy (non-hydrogen) atoms. The predicted octanol–water partition coefficient (Wildman–Crippen LogP) is 2.72. The van der Waals surface area contributed by atoms with Crippen molar-refractivity contribution in [3.8, 4) is 23.3 Å². The van der Waals surface area contributed by atoms with Gasteiger partial charge in [0.1, 0.15) is 23.9 Å². The van der Waals surface area contributed by atoms with Crippen molar-refractivity contribution in [1.82, 2.24) is 0 Å². The van der Waals surface area contributed by atoms with Gasteiger partial charge in [-0.3, -0.25) is 0 Å². The van der Waals surface area contributed by atoms with Crippen molar-refractivity contribution in [2.45, 2.75) is 6.61 Å². The van der Waals surface area contributed by atoms with Crippen molar-refractivity contribution >= 4 is 0 Å². The van der Waals surface area contributed by atoms with Gasteiger partial charge in [0.05, 0.1) is 13.7 Å². The Labute approximate surface area is 123 Å². The summed E-state index contributed by atoms with van der Waals surface area (Å²) in [4.78, 5) is 0. The number of hydrogen-bond acceptors (Lipinski definition) is 3. The Kier molecular flexibility index (Phi) is 5.19. The second-order valence-corrected chi connectivity index (χ2v) is 4.28. The number of nitrogens with two attached hydrogens (primary N) is 1. The topological polar surface area (TPSA) is 44.5 Å². The molecule has 0 spiro atoms. The Morgan fingerprint density at radius 2 is 2.00 bits per heavy atom. The van der Waals surface area contributed by atoms with Gasteiger partial charge in [-0.1, -0.05) is 17.9 Å². The molecule has 0 atom stereocenters. The van der Waals surface area contributed by atoms with Crippen molar-refractivity contribution in [3.63, 3.8) is 0 Å². The van der Waals surface area contributed by atoms with Crippen LogP contribution in [0, 0.1) is 17.7 Å². The lowest BCUT2D eigenvalue weighted by Crippen LogP contribution is -2.00. The van der Waals surface area contributed by atoms with E-state index in [9.17, 15) is 4.39 Å². The molecular formula is C17H16FNO2. The fourth-order valence-electron chi connectivity index (χ4n) is 1.80. The number of benzene rings is 2. The van der Waals surface area contributed by atoms with Gasteiger partial charge in [-0.15, -0.1) is 0 Å². The van der Waals surface area contributed by atoms with Gasteiger partial charge >= 0.3 is 0 Å². The SMILES string of the molecule is COc1ccc(C#CCN)c(COc2cccc(F)c2)c1. The van der Waals surface area contributed by atoms with E-state index in [-0.39, 0.29) is 19.0 Å². The van der Waals surface area contributed by atoms with Crippen molar-refractivity contribution in [3.05, 3.63) is 59.4 Å². The second-order valence-electron chi connectivity index (χ2n) is 4.28. The Morgan fingerprint density at radius 3 is 2.71 bits per heavy atom. The number of ether oxygens (including phenoxy) is 2. The highest BCUT2D eigenvalue weighted by molar-refractivity contribution is 5.45. The minimum atomic E-state index is -0.332. The molecule has 108 valence electrons. The lowest BCUT2D eigenvalue weighted by molar-refractivity contribution is 0.303. The van der Waals surface area contributed by atoms with Crippen LogP contribution >= 0.6 is 0 Å². The molecular weight excluding hydrogens is 269 g/mol. The molecule has 0 heterocycles. The molecule has 0 saturated carbocycles. The van der Waals surface area contributed by atoms with Gasteiger partial charge < -0.3 is 15.2 Å². The van der Waals surface area contributed by atoms with Crippen LogP contribution in [0.25, 0.3) is 0 Å². The zero-order valence-electron chi connectivity index (χ0n) is 11.7. The zero-order chi connectivity index (χ0) is 15.1. The molecule has 0 aliphatic heterocycles. The van der Waals surface area contributed by atoms with Crippen LogP contribution in [0.2, 0.25) is 0 Å². The highest BCUT2D eigenvalue weighted by Gasteiger charge is 2.05. The van der Waals surface area contributed by atoms with Gasteiger partial charge in [0.2, 0.25) is 0 Å². The van der Waals surface area contributed by atoms with Crippen LogP contribution in [-0.4, -0.2) is 13.7 Å². The normalized spacial score (nSPS) is 9.67. The van der Waals surface area contributed by atoms with Crippen LogP contribution < -0.4 is 15.2 Å². The molecule has 0 fully saturated rings. The average molecular weight is 285 g/mol. The summed E-state index contributed by atoms with van der Waals surface area (Å²) in [6.45, 7) is 0.561. The van der Waals surface area contributed by atoms with Gasteiger partial charge in [-0.25, -0.2) is 4.39 Å². The van der Waals surface area contributed by atoms with Gasteiger partial charge in [-0.05, 0) is 30.3 Å². The van der Waals surface area contributed by atoms with E-state index in [1.807, 2.05) is 18.2 Å². The van der Waals surface area contributed by atoms with Crippen LogP contribution in [0.3, 0.4) is 0 Å². The van der Waals surface area contributed by atoms with Gasteiger partial charge in [-0.2, -0.15) is 0 Å². The third-order valence-electron chi connectivity index (χ3n) is 2.83. The van der Waals surface area contributed by atoms with E-state index in [2.05, 4.69) is 11.8 Å². The molecule has 2 aromatic rings. The highest BCUT2D eigenvalue weighted by atomic mass is 19.1. The minimum absolute atomic E-state index is 0.273. The van der Waals surface area contributed by atoms with Crippen LogP contribution in [0.15, 0.2) is 42.5 Å². The predicted molar refractivity (Wildman–Crippen MR) is 79.7 cm³/mol. The van der Waals surface area contributed by atoms with E-state index >= 15 is 0 Å². The lowest BCUT2D eigenvalue weighted by atomic mass is 10.1. The molecule has 3 nitrogen and oxygen atoms in total. The monoisotopic (exact) mass is 285 g/mol. The number of hydrogen-bond donors (Lipinski definition) is 1. The van der Waals surface area contributed by atoms with E-state index in [4.69, 9.17) is 15.2 Å². The van der Waals surface area contributed by atoms with Crippen molar-refractivity contribution in [1.29, 1.82) is 0 Å². The van der Waals surface area contributed by atoms with Gasteiger partial charge in [0, 0.05) is 17.2 Å². The third-order valence-corrected chi connectivity index (χ3v) is 2.83. The Bertz CT molecular complexity index is 674. The van der Waals surface area contributed by atoms with E-state index in [0.29, 0.717) is 11.5 Å². The quantitative estimate of drug-likeness (QED) is 0.878. The summed E-state index contributed by atoms with van der Waals surface area (Å²) in [5.74, 6) is 6.65. The number of halogens is 1. The smallest absolute Gasteiger partial charge is 0.126 e. The molecule has 0 unspecified atom stereocenters. The lowest BCUT2D eigenvalue weighted by Gasteiger charge is -2.10. The van der Waals surface area contributed by atoms with Crippen LogP contribution in [0.1, 0.15) is 11.1 Å². The molecule has 4 heteroatoms. The Morgan fingerprint density at radius 1 is 1.14 bits per heavy atom. The molecule has 0 aromatic heterocycles. The summed E-state index contributed by atoms with van der Waals surface area (Å²) < 4.78 is 23.9. The van der Waals surface area contributed by atoms with E-state index in [0.717, 1.165) is 11.1 Å². The molecule has 0 aliphatic carbocycles. The zero-order valence-corrected chi connectivity index (χ0v) is 11.7. The van der Waals surface area contributed by atoms with Gasteiger partial charge in [0.25, 0.3) is 0 Å². The van der Waals surface area contributed by atoms with Crippen molar-refractivity contribution in [2.75, 3.05) is 13.7 Å². The maximum atomic E-state index is 13.1. The third kappa shape index (κ3) is 4.23. The fraction of sp³-hybridized carbons (Fsp3) is 0.176. The first-order chi connectivity index (χ1) is 10.2. The maximum Gasteiger partial charge on any atom is 0.126 e. The molecule has 0 radical (unpaired) electrons. The summed E-state index contributed by atoms with van der Waals surface area (Å²) in [7, 11) is 1.60. The first-order valence-corrected chi connectivity index (χ1v) is 6.47. The first-order valence-electron chi connectivity index (χ1n) is 6.47. The molecule has 2 N–H and O–H groups in total. The number of rotatable bonds is 4. The van der Waals surface area contributed by atoms with Crippen LogP contribution in [0.4, 0.5) is 4.39 Å². The Balaban J connectivity index is 2.20. The van der Waals surface area contributed by atoms with E-state index in [1.54, 1.807) is 19.2 Å². The summed E-state index contributed by atoms with van der Waals surface area (Å²) in [6, 6.07) is 11.5. The second kappa shape index (κ2) is 7.32. The molecule has 0 saturated heterocycles. The summed E-state index contributed by atoms with van der Waals surface area (Å²) in [5, 5.41) is 0. The average Bonchev–Trinajstić information content (AvgIpc) is 2.51. The Hall–Kier alpha value is -2.51. The standard InChI is InChI=1S/C17H16FNO2/c1-20-16-8-7-13(4-3-9-19)14(10-16)12-21-17-6-2-5-15(18)11-17/h2,5-8,10-11H,9,12,19H2,1H3. The molecule has 2 aromatic carbocycles. The minimum Gasteiger partial charge on any atom is -0.497 e. The summed E-state index contributed by atoms with van der Waals surface area (Å²) in [5.41, 5.74) is 7.07. The van der Waals surface area contributed by atoms with E-state index in [1.165, 1.54) is 12.1 Å². The largest absolute Gasteiger partial charge is 0.497 e. The molecule has 0 bridgehead atoms. The number of methoxy groups -OCH3 is 1. The highest BCUT2D eigenvalue weighted by Crippen LogP contribution is 2.20. The van der Waals surface area contributed by atoms with Crippen molar-refractivity contribution < 1.29 is 13.9 Å². The van der Waals surface area contributed by atoms with Gasteiger partial charge in [0.15, 0.2) is 0 Å². The maximum absolute atomic E-state index is 13.1. The summed E-state index contributed by atoms with van der Waals surface area (Å²) >= 11 is 0. The fourth-order valence-corrected chi connectivity index (χ4v) is 1.80.